The molecule has 0 bridgehead atoms. The van der Waals surface area contributed by atoms with Gasteiger partial charge in [0.2, 0.25) is 5.91 Å². The number of nitrogens with two attached hydrogens (primary N) is 1. The van der Waals surface area contributed by atoms with Gasteiger partial charge < -0.3 is 10.2 Å². The maximum absolute atomic E-state index is 12.2. The normalized spacial score (nSPS) is 10.6. The minimum absolute atomic E-state index is 0.00944. The van der Waals surface area contributed by atoms with Crippen molar-refractivity contribution in [2.75, 3.05) is 5.32 Å². The molecule has 23 heavy (non-hydrogen) atoms. The van der Waals surface area contributed by atoms with Crippen LogP contribution in [0.2, 0.25) is 0 Å². The van der Waals surface area contributed by atoms with Gasteiger partial charge in [0.25, 0.3) is 5.91 Å². The Morgan fingerprint density at radius 3 is 2.87 bits per heavy atom. The first-order valence-electron chi connectivity index (χ1n) is 6.60. The van der Waals surface area contributed by atoms with Crippen LogP contribution in [0.5, 0.6) is 0 Å². The Morgan fingerprint density at radius 1 is 1.30 bits per heavy atom. The molecular formula is C15H11N3O4S. The van der Waals surface area contributed by atoms with Crippen molar-refractivity contribution >= 4 is 39.3 Å². The standard InChI is InChI=1S/C15H11N3O4S/c16-12(19)6-9-7-23-15(17-9)18-13(20)10-5-8-3-1-2-4-11(8)22-14(10)21/h1-5,7H,6H2,(H2,16,19)(H,17,18,20). The molecule has 3 N–H and O–H groups in total. The number of hydrogen-bond donors (Lipinski definition) is 2. The fourth-order valence-electron chi connectivity index (χ4n) is 2.01. The number of nitrogens with one attached hydrogen (secondary N) is 1. The third-order valence-corrected chi connectivity index (χ3v) is 3.82. The minimum atomic E-state index is -0.727. The number of primary amides is 1. The third-order valence-electron chi connectivity index (χ3n) is 3.01. The summed E-state index contributed by atoms with van der Waals surface area (Å²) in [5.74, 6) is -1.13. The van der Waals surface area contributed by atoms with Gasteiger partial charge in [-0.1, -0.05) is 18.2 Å². The molecule has 0 aliphatic carbocycles. The number of hydrogen-bond acceptors (Lipinski definition) is 6. The highest BCUT2D eigenvalue weighted by atomic mass is 32.1. The van der Waals surface area contributed by atoms with Gasteiger partial charge >= 0.3 is 5.63 Å². The molecule has 2 aromatic heterocycles. The van der Waals surface area contributed by atoms with E-state index in [0.29, 0.717) is 16.7 Å². The molecule has 0 unspecified atom stereocenters. The summed E-state index contributed by atoms with van der Waals surface area (Å²) in [5.41, 5.74) is 5.11. The second-order valence-electron chi connectivity index (χ2n) is 4.73. The number of amides is 2. The second kappa shape index (κ2) is 6.01. The zero-order valence-corrected chi connectivity index (χ0v) is 12.6. The van der Waals surface area contributed by atoms with Gasteiger partial charge in [-0.2, -0.15) is 0 Å². The van der Waals surface area contributed by atoms with Crippen LogP contribution in [0.3, 0.4) is 0 Å². The molecule has 1 aromatic carbocycles. The summed E-state index contributed by atoms with van der Waals surface area (Å²) < 4.78 is 5.11. The monoisotopic (exact) mass is 329 g/mol. The van der Waals surface area contributed by atoms with Crippen LogP contribution in [0.15, 0.2) is 44.9 Å². The smallest absolute Gasteiger partial charge is 0.349 e. The van der Waals surface area contributed by atoms with Crippen LogP contribution < -0.4 is 16.7 Å². The van der Waals surface area contributed by atoms with Crippen LogP contribution in [0.1, 0.15) is 16.1 Å². The minimum Gasteiger partial charge on any atom is -0.422 e. The highest BCUT2D eigenvalue weighted by molar-refractivity contribution is 7.14. The molecule has 0 aliphatic rings. The molecule has 3 aromatic rings. The van der Waals surface area contributed by atoms with Crippen LogP contribution in [0.4, 0.5) is 5.13 Å². The average Bonchev–Trinajstić information content (AvgIpc) is 2.92. The van der Waals surface area contributed by atoms with Gasteiger partial charge in [-0.3, -0.25) is 14.9 Å². The summed E-state index contributed by atoms with van der Waals surface area (Å²) >= 11 is 1.14. The van der Waals surface area contributed by atoms with Crippen molar-refractivity contribution in [3.05, 3.63) is 57.4 Å². The Labute approximate surface area is 133 Å². The van der Waals surface area contributed by atoms with E-state index in [0.717, 1.165) is 11.3 Å². The van der Waals surface area contributed by atoms with Crippen molar-refractivity contribution < 1.29 is 14.0 Å². The zero-order chi connectivity index (χ0) is 16.4. The summed E-state index contributed by atoms with van der Waals surface area (Å²) in [7, 11) is 0. The van der Waals surface area contributed by atoms with Gasteiger partial charge in [0, 0.05) is 10.8 Å². The van der Waals surface area contributed by atoms with Crippen LogP contribution in [-0.4, -0.2) is 16.8 Å². The molecule has 2 heterocycles. The molecule has 0 saturated heterocycles. The zero-order valence-electron chi connectivity index (χ0n) is 11.7. The number of carbonyl (C=O) groups is 2. The van der Waals surface area contributed by atoms with Gasteiger partial charge in [0.15, 0.2) is 5.13 Å². The van der Waals surface area contributed by atoms with Crippen LogP contribution in [0, 0.1) is 0 Å². The van der Waals surface area contributed by atoms with E-state index < -0.39 is 17.4 Å². The molecule has 7 nitrogen and oxygen atoms in total. The summed E-state index contributed by atoms with van der Waals surface area (Å²) in [6.45, 7) is 0. The lowest BCUT2D eigenvalue weighted by atomic mass is 10.2. The SMILES string of the molecule is NC(=O)Cc1csc(NC(=O)c2cc3ccccc3oc2=O)n1. The average molecular weight is 329 g/mol. The lowest BCUT2D eigenvalue weighted by molar-refractivity contribution is -0.117. The second-order valence-corrected chi connectivity index (χ2v) is 5.58. The van der Waals surface area contributed by atoms with E-state index in [-0.39, 0.29) is 17.1 Å². The molecule has 0 aliphatic heterocycles. The molecule has 0 saturated carbocycles. The first-order chi connectivity index (χ1) is 11.0. The quantitative estimate of drug-likeness (QED) is 0.704. The first-order valence-corrected chi connectivity index (χ1v) is 7.48. The van der Waals surface area contributed by atoms with Gasteiger partial charge in [-0.05, 0) is 12.1 Å². The van der Waals surface area contributed by atoms with E-state index in [1.807, 2.05) is 0 Å². The Balaban J connectivity index is 1.85. The van der Waals surface area contributed by atoms with Gasteiger partial charge in [0.05, 0.1) is 12.1 Å². The van der Waals surface area contributed by atoms with E-state index in [2.05, 4.69) is 10.3 Å². The molecule has 8 heteroatoms. The van der Waals surface area contributed by atoms with Crippen molar-refractivity contribution in [3.63, 3.8) is 0 Å². The highest BCUT2D eigenvalue weighted by Crippen LogP contribution is 2.17. The molecule has 0 spiro atoms. The Hall–Kier alpha value is -3.00. The number of nitrogens with zero attached hydrogens (tertiary/aromatic N) is 1. The van der Waals surface area contributed by atoms with E-state index in [4.69, 9.17) is 10.2 Å². The van der Waals surface area contributed by atoms with Gasteiger partial charge in [0.1, 0.15) is 11.1 Å². The predicted octanol–water partition coefficient (Wildman–Crippen LogP) is 1.53. The summed E-state index contributed by atoms with van der Waals surface area (Å²) in [6.07, 6.45) is -0.00944. The first kappa shape index (κ1) is 14.9. The fourth-order valence-corrected chi connectivity index (χ4v) is 2.71. The molecule has 0 fully saturated rings. The maximum Gasteiger partial charge on any atom is 0.349 e. The van der Waals surface area contributed by atoms with Crippen molar-refractivity contribution in [2.45, 2.75) is 6.42 Å². The van der Waals surface area contributed by atoms with Gasteiger partial charge in [-0.15, -0.1) is 11.3 Å². The van der Waals surface area contributed by atoms with Crippen LogP contribution in [0.25, 0.3) is 11.0 Å². The molecule has 0 atom stereocenters. The lowest BCUT2D eigenvalue weighted by Gasteiger charge is -2.02. The number of rotatable bonds is 4. The van der Waals surface area contributed by atoms with E-state index in [1.165, 1.54) is 6.07 Å². The number of thiazole rings is 1. The Morgan fingerprint density at radius 2 is 2.09 bits per heavy atom. The van der Waals surface area contributed by atoms with Crippen molar-refractivity contribution in [2.24, 2.45) is 5.73 Å². The van der Waals surface area contributed by atoms with Crippen molar-refractivity contribution in [3.8, 4) is 0 Å². The largest absolute Gasteiger partial charge is 0.422 e. The fraction of sp³-hybridized carbons (Fsp3) is 0.0667. The number of carbonyl (C=O) groups excluding carboxylic acids is 2. The summed E-state index contributed by atoms with van der Waals surface area (Å²) in [5, 5.41) is 5.05. The van der Waals surface area contributed by atoms with E-state index in [1.54, 1.807) is 29.6 Å². The number of fused-ring (bicyclic) bond motifs is 1. The topological polar surface area (TPSA) is 115 Å². The predicted molar refractivity (Wildman–Crippen MR) is 85.4 cm³/mol. The molecule has 116 valence electrons. The molecule has 2 amide bonds. The third kappa shape index (κ3) is 3.27. The number of anilines is 1. The van der Waals surface area contributed by atoms with Crippen molar-refractivity contribution in [1.82, 2.24) is 4.98 Å². The maximum atomic E-state index is 12.2. The van der Waals surface area contributed by atoms with E-state index in [9.17, 15) is 14.4 Å². The van der Waals surface area contributed by atoms with Gasteiger partial charge in [-0.25, -0.2) is 9.78 Å². The molecular weight excluding hydrogens is 318 g/mol. The van der Waals surface area contributed by atoms with Crippen LogP contribution >= 0.6 is 11.3 Å². The molecule has 3 rings (SSSR count). The lowest BCUT2D eigenvalue weighted by Crippen LogP contribution is -2.20. The number of benzene rings is 1. The number of para-hydroxylation sites is 1. The highest BCUT2D eigenvalue weighted by Gasteiger charge is 2.15. The Bertz CT molecular complexity index is 961. The van der Waals surface area contributed by atoms with E-state index >= 15 is 0 Å². The van der Waals surface area contributed by atoms with Crippen LogP contribution in [-0.2, 0) is 11.2 Å². The number of aromatic nitrogens is 1. The summed E-state index contributed by atoms with van der Waals surface area (Å²) in [4.78, 5) is 39.0. The Kier molecular flexibility index (Phi) is 3.90. The summed E-state index contributed by atoms with van der Waals surface area (Å²) in [6, 6.07) is 8.37. The van der Waals surface area contributed by atoms with Crippen molar-refractivity contribution in [1.29, 1.82) is 0 Å². The molecule has 0 radical (unpaired) electrons.